The predicted molar refractivity (Wildman–Crippen MR) is 84.7 cm³/mol. The first-order valence-corrected chi connectivity index (χ1v) is 8.81. The Morgan fingerprint density at radius 2 is 1.52 bits per heavy atom. The summed E-state index contributed by atoms with van der Waals surface area (Å²) in [5.74, 6) is 0. The lowest BCUT2D eigenvalue weighted by Crippen LogP contribution is -2.26. The molecule has 2 fully saturated rings. The summed E-state index contributed by atoms with van der Waals surface area (Å²) < 4.78 is 16.6. The highest BCUT2D eigenvalue weighted by Crippen LogP contribution is 2.48. The van der Waals surface area contributed by atoms with Gasteiger partial charge >= 0.3 is 0 Å². The van der Waals surface area contributed by atoms with Gasteiger partial charge in [-0.2, -0.15) is 0 Å². The Kier molecular flexibility index (Phi) is 8.01. The summed E-state index contributed by atoms with van der Waals surface area (Å²) in [4.78, 5) is 0. The Labute approximate surface area is 129 Å². The van der Waals surface area contributed by atoms with Crippen molar-refractivity contribution >= 4 is 0 Å². The fourth-order valence-electron chi connectivity index (χ4n) is 2.42. The van der Waals surface area contributed by atoms with Crippen LogP contribution in [0, 0.1) is 5.41 Å². The van der Waals surface area contributed by atoms with E-state index in [9.17, 15) is 0 Å². The third-order valence-corrected chi connectivity index (χ3v) is 4.46. The molecule has 0 saturated heterocycles. The van der Waals surface area contributed by atoms with Crippen molar-refractivity contribution in [2.75, 3.05) is 46.2 Å². The van der Waals surface area contributed by atoms with Gasteiger partial charge in [-0.3, -0.25) is 0 Å². The van der Waals surface area contributed by atoms with Crippen molar-refractivity contribution in [2.45, 2.75) is 57.9 Å². The molecule has 124 valence electrons. The molecule has 0 amide bonds. The van der Waals surface area contributed by atoms with Gasteiger partial charge in [0.2, 0.25) is 0 Å². The number of hydrogen-bond donors (Lipinski definition) is 1. The molecule has 0 heterocycles. The fraction of sp³-hybridized carbons (Fsp3) is 1.00. The molecule has 2 saturated carbocycles. The standard InChI is InChI=1S/C17H33NO3/c1-2-3-9-19-11-13-21-14-12-20-10-8-17(6-7-17)15-18-16-4-5-16/h16,18H,2-15H2,1H3. The Bertz CT molecular complexity index is 265. The molecule has 1 N–H and O–H groups in total. The van der Waals surface area contributed by atoms with Crippen molar-refractivity contribution in [1.82, 2.24) is 5.32 Å². The van der Waals surface area contributed by atoms with Crippen molar-refractivity contribution in [1.29, 1.82) is 0 Å². The summed E-state index contributed by atoms with van der Waals surface area (Å²) in [6.07, 6.45) is 9.04. The molecule has 0 aromatic rings. The van der Waals surface area contributed by atoms with Crippen molar-refractivity contribution in [3.63, 3.8) is 0 Å². The molecule has 4 heteroatoms. The highest BCUT2D eigenvalue weighted by atomic mass is 16.5. The molecule has 21 heavy (non-hydrogen) atoms. The van der Waals surface area contributed by atoms with Crippen LogP contribution in [0.3, 0.4) is 0 Å². The SMILES string of the molecule is CCCCOCCOCCOCCC1(CNC2CC2)CC1. The zero-order valence-corrected chi connectivity index (χ0v) is 13.7. The molecule has 0 atom stereocenters. The molecular weight excluding hydrogens is 266 g/mol. The Morgan fingerprint density at radius 3 is 2.10 bits per heavy atom. The van der Waals surface area contributed by atoms with Gasteiger partial charge in [-0.15, -0.1) is 0 Å². The largest absolute Gasteiger partial charge is 0.379 e. The van der Waals surface area contributed by atoms with Gasteiger partial charge in [0.25, 0.3) is 0 Å². The molecule has 2 rings (SSSR count). The first-order valence-electron chi connectivity index (χ1n) is 8.81. The second kappa shape index (κ2) is 9.78. The maximum absolute atomic E-state index is 5.68. The number of nitrogens with one attached hydrogen (secondary N) is 1. The van der Waals surface area contributed by atoms with Crippen LogP contribution in [-0.4, -0.2) is 52.2 Å². The van der Waals surface area contributed by atoms with E-state index in [0.29, 0.717) is 31.8 Å². The minimum atomic E-state index is 0.566. The lowest BCUT2D eigenvalue weighted by atomic mass is 10.0. The van der Waals surface area contributed by atoms with E-state index in [0.717, 1.165) is 25.7 Å². The monoisotopic (exact) mass is 299 g/mol. The zero-order chi connectivity index (χ0) is 14.8. The minimum Gasteiger partial charge on any atom is -0.379 e. The molecular formula is C17H33NO3. The smallest absolute Gasteiger partial charge is 0.0701 e. The van der Waals surface area contributed by atoms with Crippen LogP contribution in [0.2, 0.25) is 0 Å². The number of hydrogen-bond acceptors (Lipinski definition) is 4. The molecule has 0 aromatic heterocycles. The van der Waals surface area contributed by atoms with Gasteiger partial charge in [-0.25, -0.2) is 0 Å². The lowest BCUT2D eigenvalue weighted by Gasteiger charge is -2.15. The van der Waals surface area contributed by atoms with Gasteiger partial charge in [0, 0.05) is 25.8 Å². The molecule has 0 radical (unpaired) electrons. The van der Waals surface area contributed by atoms with Crippen LogP contribution in [0.25, 0.3) is 0 Å². The summed E-state index contributed by atoms with van der Waals surface area (Å²) in [5.41, 5.74) is 0.566. The third-order valence-electron chi connectivity index (χ3n) is 4.46. The third kappa shape index (κ3) is 8.15. The quantitative estimate of drug-likeness (QED) is 0.472. The maximum atomic E-state index is 5.68. The summed E-state index contributed by atoms with van der Waals surface area (Å²) in [6.45, 7) is 7.89. The maximum Gasteiger partial charge on any atom is 0.0701 e. The van der Waals surface area contributed by atoms with E-state index in [4.69, 9.17) is 14.2 Å². The van der Waals surface area contributed by atoms with Gasteiger partial charge < -0.3 is 19.5 Å². The number of ether oxygens (including phenoxy) is 3. The van der Waals surface area contributed by atoms with Gasteiger partial charge in [-0.05, 0) is 43.9 Å². The first kappa shape index (κ1) is 17.2. The van der Waals surface area contributed by atoms with Crippen molar-refractivity contribution < 1.29 is 14.2 Å². The molecule has 0 unspecified atom stereocenters. The average Bonchev–Trinajstić information content (AvgIpc) is 3.38. The van der Waals surface area contributed by atoms with E-state index in [2.05, 4.69) is 12.2 Å². The summed E-state index contributed by atoms with van der Waals surface area (Å²) >= 11 is 0. The van der Waals surface area contributed by atoms with E-state index in [1.54, 1.807) is 0 Å². The van der Waals surface area contributed by atoms with Crippen molar-refractivity contribution in [2.24, 2.45) is 5.41 Å². The summed E-state index contributed by atoms with van der Waals surface area (Å²) in [7, 11) is 0. The van der Waals surface area contributed by atoms with Gasteiger partial charge in [0.05, 0.1) is 26.4 Å². The average molecular weight is 299 g/mol. The predicted octanol–water partition coefficient (Wildman–Crippen LogP) is 2.76. The Hall–Kier alpha value is -0.160. The molecule has 0 spiro atoms. The summed E-state index contributed by atoms with van der Waals surface area (Å²) in [6, 6.07) is 0.830. The van der Waals surface area contributed by atoms with Gasteiger partial charge in [0.1, 0.15) is 0 Å². The van der Waals surface area contributed by atoms with Gasteiger partial charge in [0.15, 0.2) is 0 Å². The van der Waals surface area contributed by atoms with Crippen LogP contribution in [0.1, 0.15) is 51.9 Å². The topological polar surface area (TPSA) is 39.7 Å². The Balaban J connectivity index is 1.30. The van der Waals surface area contributed by atoms with Gasteiger partial charge in [-0.1, -0.05) is 13.3 Å². The summed E-state index contributed by atoms with van der Waals surface area (Å²) in [5, 5.41) is 3.65. The highest BCUT2D eigenvalue weighted by molar-refractivity contribution is 4.96. The lowest BCUT2D eigenvalue weighted by molar-refractivity contribution is 0.0112. The minimum absolute atomic E-state index is 0.566. The highest BCUT2D eigenvalue weighted by Gasteiger charge is 2.42. The molecule has 2 aliphatic rings. The van der Waals surface area contributed by atoms with Crippen LogP contribution in [0.5, 0.6) is 0 Å². The van der Waals surface area contributed by atoms with Crippen LogP contribution in [-0.2, 0) is 14.2 Å². The normalized spacial score (nSPS) is 19.9. The van der Waals surface area contributed by atoms with Crippen LogP contribution in [0.15, 0.2) is 0 Å². The second-order valence-electron chi connectivity index (χ2n) is 6.60. The molecule has 4 nitrogen and oxygen atoms in total. The second-order valence-corrected chi connectivity index (χ2v) is 6.60. The molecule has 2 aliphatic carbocycles. The Morgan fingerprint density at radius 1 is 0.905 bits per heavy atom. The van der Waals surface area contributed by atoms with E-state index in [1.165, 1.54) is 45.1 Å². The van der Waals surface area contributed by atoms with Crippen LogP contribution >= 0.6 is 0 Å². The number of unbranched alkanes of at least 4 members (excludes halogenated alkanes) is 1. The van der Waals surface area contributed by atoms with E-state index < -0.39 is 0 Å². The zero-order valence-electron chi connectivity index (χ0n) is 13.7. The van der Waals surface area contributed by atoms with Crippen molar-refractivity contribution in [3.05, 3.63) is 0 Å². The van der Waals surface area contributed by atoms with E-state index >= 15 is 0 Å². The van der Waals surface area contributed by atoms with E-state index in [1.807, 2.05) is 0 Å². The fourth-order valence-corrected chi connectivity index (χ4v) is 2.42. The van der Waals surface area contributed by atoms with Crippen LogP contribution < -0.4 is 5.32 Å². The molecule has 0 bridgehead atoms. The number of rotatable bonds is 15. The molecule has 0 aliphatic heterocycles. The molecule has 0 aromatic carbocycles. The van der Waals surface area contributed by atoms with Crippen LogP contribution in [0.4, 0.5) is 0 Å². The first-order chi connectivity index (χ1) is 10.3. The van der Waals surface area contributed by atoms with Crippen molar-refractivity contribution in [3.8, 4) is 0 Å². The van der Waals surface area contributed by atoms with E-state index in [-0.39, 0.29) is 0 Å².